The van der Waals surface area contributed by atoms with E-state index in [2.05, 4.69) is 44.5 Å². The number of hydrogen-bond donors (Lipinski definition) is 2. The minimum Gasteiger partial charge on any atom is -0.357 e. The largest absolute Gasteiger partial charge is 0.357 e. The zero-order valence-electron chi connectivity index (χ0n) is 14.5. The summed E-state index contributed by atoms with van der Waals surface area (Å²) in [5.41, 5.74) is 0. The Hall–Kier alpha value is -1.96. The molecule has 0 saturated carbocycles. The lowest BCUT2D eigenvalue weighted by atomic mass is 10.1. The van der Waals surface area contributed by atoms with Crippen LogP contribution in [0.1, 0.15) is 41.8 Å². The number of guanidine groups is 1. The fraction of sp³-hybridized carbons (Fsp3) is 0.625. The van der Waals surface area contributed by atoms with Gasteiger partial charge in [-0.1, -0.05) is 6.92 Å². The van der Waals surface area contributed by atoms with Crippen molar-refractivity contribution in [2.45, 2.75) is 59.2 Å². The van der Waals surface area contributed by atoms with Crippen molar-refractivity contribution < 1.29 is 0 Å². The summed E-state index contributed by atoms with van der Waals surface area (Å²) < 4.78 is 2.01. The van der Waals surface area contributed by atoms with Gasteiger partial charge in [-0.15, -0.1) is 11.3 Å². The van der Waals surface area contributed by atoms with E-state index >= 15 is 0 Å². The number of thiazole rings is 1. The lowest BCUT2D eigenvalue weighted by Crippen LogP contribution is -2.47. The molecule has 2 N–H and O–H groups in total. The fourth-order valence-electron chi connectivity index (χ4n) is 2.80. The van der Waals surface area contributed by atoms with Gasteiger partial charge >= 0.3 is 0 Å². The van der Waals surface area contributed by atoms with E-state index in [4.69, 9.17) is 0 Å². The summed E-state index contributed by atoms with van der Waals surface area (Å²) in [6.07, 6.45) is 4.97. The first kappa shape index (κ1) is 16.9. The van der Waals surface area contributed by atoms with E-state index in [0.717, 1.165) is 55.0 Å². The molecular weight excluding hydrogens is 322 g/mol. The molecule has 1 atom stereocenters. The van der Waals surface area contributed by atoms with Crippen molar-refractivity contribution in [2.75, 3.05) is 6.54 Å². The van der Waals surface area contributed by atoms with Crippen LogP contribution in [-0.4, -0.2) is 38.3 Å². The van der Waals surface area contributed by atoms with Crippen LogP contribution in [0.5, 0.6) is 0 Å². The first-order valence-electron chi connectivity index (χ1n) is 8.56. The highest BCUT2D eigenvalue weighted by Gasteiger charge is 2.21. The molecule has 3 rings (SSSR count). The highest BCUT2D eigenvalue weighted by molar-refractivity contribution is 7.11. The van der Waals surface area contributed by atoms with Crippen LogP contribution >= 0.6 is 11.3 Å². The number of rotatable bonds is 5. The summed E-state index contributed by atoms with van der Waals surface area (Å²) in [5.74, 6) is 2.78. The van der Waals surface area contributed by atoms with Gasteiger partial charge in [0.1, 0.15) is 16.7 Å². The molecule has 0 amide bonds. The minimum atomic E-state index is 0.318. The zero-order chi connectivity index (χ0) is 16.9. The van der Waals surface area contributed by atoms with Gasteiger partial charge in [-0.05, 0) is 26.7 Å². The predicted octanol–water partition coefficient (Wildman–Crippen LogP) is 1.68. The lowest BCUT2D eigenvalue weighted by molar-refractivity contribution is 0.392. The third-order valence-electron chi connectivity index (χ3n) is 3.97. The maximum Gasteiger partial charge on any atom is 0.191 e. The highest BCUT2D eigenvalue weighted by Crippen LogP contribution is 2.15. The zero-order valence-corrected chi connectivity index (χ0v) is 15.4. The van der Waals surface area contributed by atoms with Crippen LogP contribution in [0.25, 0.3) is 0 Å². The topological polar surface area (TPSA) is 80.0 Å². The summed E-state index contributed by atoms with van der Waals surface area (Å²) >= 11 is 1.74. The molecule has 3 heterocycles. The molecule has 1 aliphatic rings. The molecule has 0 radical (unpaired) electrons. The minimum absolute atomic E-state index is 0.318. The molecule has 2 aromatic rings. The van der Waals surface area contributed by atoms with Crippen molar-refractivity contribution >= 4 is 17.3 Å². The van der Waals surface area contributed by atoms with Crippen molar-refractivity contribution in [3.05, 3.63) is 27.7 Å². The summed E-state index contributed by atoms with van der Waals surface area (Å²) in [6.45, 7) is 8.45. The number of aliphatic imine (C=N–C) groups is 1. The molecule has 0 aromatic carbocycles. The van der Waals surface area contributed by atoms with Crippen LogP contribution in [0.2, 0.25) is 0 Å². The van der Waals surface area contributed by atoms with Crippen molar-refractivity contribution in [3.63, 3.8) is 0 Å². The second-order valence-corrected chi connectivity index (χ2v) is 7.11. The second-order valence-electron chi connectivity index (χ2n) is 5.91. The molecule has 130 valence electrons. The lowest BCUT2D eigenvalue weighted by Gasteiger charge is -2.25. The average Bonchev–Trinajstić information content (AvgIpc) is 3.17. The molecule has 1 unspecified atom stereocenters. The molecule has 8 heteroatoms. The Morgan fingerprint density at radius 2 is 2.33 bits per heavy atom. The molecule has 2 aromatic heterocycles. The maximum absolute atomic E-state index is 4.68. The molecule has 1 aliphatic heterocycles. The van der Waals surface area contributed by atoms with Gasteiger partial charge in [0.05, 0.1) is 13.1 Å². The van der Waals surface area contributed by atoms with Gasteiger partial charge in [0.25, 0.3) is 0 Å². The van der Waals surface area contributed by atoms with Gasteiger partial charge in [0.15, 0.2) is 5.96 Å². The van der Waals surface area contributed by atoms with Gasteiger partial charge in [-0.25, -0.2) is 19.6 Å². The van der Waals surface area contributed by atoms with Crippen LogP contribution in [0.4, 0.5) is 0 Å². The summed E-state index contributed by atoms with van der Waals surface area (Å²) in [4.78, 5) is 14.9. The van der Waals surface area contributed by atoms with E-state index < -0.39 is 0 Å². The first-order valence-corrected chi connectivity index (χ1v) is 9.38. The smallest absolute Gasteiger partial charge is 0.191 e. The number of fused-ring (bicyclic) bond motifs is 1. The van der Waals surface area contributed by atoms with Crippen molar-refractivity contribution in [1.29, 1.82) is 0 Å². The number of aryl methyl sites for hydroxylation is 3. The standard InChI is InChI=1S/C16H25N7S/c1-4-13-8-18-15(24-13)9-19-16(17-5-2)21-12-6-7-14-20-11(3)22-23(14)10-12/h8,12H,4-7,9-10H2,1-3H3,(H2,17,19,21). The Morgan fingerprint density at radius 3 is 3.08 bits per heavy atom. The van der Waals surface area contributed by atoms with Gasteiger partial charge in [0, 0.05) is 30.1 Å². The molecule has 0 spiro atoms. The number of nitrogens with one attached hydrogen (secondary N) is 2. The van der Waals surface area contributed by atoms with Crippen LogP contribution in [0.3, 0.4) is 0 Å². The molecular formula is C16H25N7S. The molecule has 7 nitrogen and oxygen atoms in total. The normalized spacial score (nSPS) is 17.6. The average molecular weight is 347 g/mol. The van der Waals surface area contributed by atoms with E-state index in [1.54, 1.807) is 11.3 Å². The fourth-order valence-corrected chi connectivity index (χ4v) is 3.58. The highest BCUT2D eigenvalue weighted by atomic mass is 32.1. The summed E-state index contributed by atoms with van der Waals surface area (Å²) in [7, 11) is 0. The van der Waals surface area contributed by atoms with Gasteiger partial charge in [-0.3, -0.25) is 0 Å². The quantitative estimate of drug-likeness (QED) is 0.635. The third-order valence-corrected chi connectivity index (χ3v) is 5.10. The molecule has 0 bridgehead atoms. The van der Waals surface area contributed by atoms with Crippen molar-refractivity contribution in [2.24, 2.45) is 4.99 Å². The second kappa shape index (κ2) is 7.74. The Labute approximate surface area is 146 Å². The van der Waals surface area contributed by atoms with E-state index in [-0.39, 0.29) is 0 Å². The summed E-state index contributed by atoms with van der Waals surface area (Å²) in [6, 6.07) is 0.318. The molecule has 0 fully saturated rings. The van der Waals surface area contributed by atoms with E-state index in [1.807, 2.05) is 17.8 Å². The molecule has 0 saturated heterocycles. The monoisotopic (exact) mass is 347 g/mol. The van der Waals surface area contributed by atoms with Crippen molar-refractivity contribution in [3.8, 4) is 0 Å². The molecule has 24 heavy (non-hydrogen) atoms. The third kappa shape index (κ3) is 4.11. The Kier molecular flexibility index (Phi) is 5.44. The first-order chi connectivity index (χ1) is 11.7. The number of nitrogens with zero attached hydrogens (tertiary/aromatic N) is 5. The van der Waals surface area contributed by atoms with Crippen LogP contribution in [0, 0.1) is 6.92 Å². The van der Waals surface area contributed by atoms with Gasteiger partial charge in [-0.2, -0.15) is 5.10 Å². The maximum atomic E-state index is 4.68. The predicted molar refractivity (Wildman–Crippen MR) is 96.3 cm³/mol. The number of hydrogen-bond acceptors (Lipinski definition) is 5. The van der Waals surface area contributed by atoms with E-state index in [1.165, 1.54) is 4.88 Å². The van der Waals surface area contributed by atoms with Gasteiger partial charge in [0.2, 0.25) is 0 Å². The molecule has 0 aliphatic carbocycles. The van der Waals surface area contributed by atoms with Gasteiger partial charge < -0.3 is 10.6 Å². The summed E-state index contributed by atoms with van der Waals surface area (Å²) in [5, 5.41) is 12.4. The van der Waals surface area contributed by atoms with E-state index in [0.29, 0.717) is 12.6 Å². The van der Waals surface area contributed by atoms with Crippen LogP contribution < -0.4 is 10.6 Å². The van der Waals surface area contributed by atoms with Crippen LogP contribution in [-0.2, 0) is 25.9 Å². The SMILES string of the molecule is CCNC(=NCc1ncc(CC)s1)NC1CCc2nc(C)nn2C1. The Morgan fingerprint density at radius 1 is 1.46 bits per heavy atom. The Bertz CT molecular complexity index is 703. The van der Waals surface area contributed by atoms with Crippen LogP contribution in [0.15, 0.2) is 11.2 Å². The number of aromatic nitrogens is 4. The Balaban J connectivity index is 1.62. The van der Waals surface area contributed by atoms with Crippen molar-refractivity contribution in [1.82, 2.24) is 30.4 Å². The van der Waals surface area contributed by atoms with E-state index in [9.17, 15) is 0 Å².